The lowest BCUT2D eigenvalue weighted by Crippen LogP contribution is -2.27. The van der Waals surface area contributed by atoms with Gasteiger partial charge in [0.2, 0.25) is 0 Å². The van der Waals surface area contributed by atoms with Crippen molar-refractivity contribution in [3.63, 3.8) is 0 Å². The van der Waals surface area contributed by atoms with Crippen LogP contribution in [-0.2, 0) is 27.3 Å². The predicted octanol–water partition coefficient (Wildman–Crippen LogP) is 5.00. The Kier molecular flexibility index (Phi) is 12.1. The van der Waals surface area contributed by atoms with Gasteiger partial charge in [-0.15, -0.1) is 0 Å². The quantitative estimate of drug-likeness (QED) is 0.391. The third-order valence-electron chi connectivity index (χ3n) is 4.61. The van der Waals surface area contributed by atoms with E-state index in [1.54, 1.807) is 0 Å². The molecule has 0 fully saturated rings. The number of hydrogen-bond acceptors (Lipinski definition) is 4. The van der Waals surface area contributed by atoms with Crippen LogP contribution in [-0.4, -0.2) is 35.9 Å². The summed E-state index contributed by atoms with van der Waals surface area (Å²) in [5.41, 5.74) is 2.57. The Morgan fingerprint density at radius 3 is 1.97 bits per heavy atom. The number of halogens is 3. The molecule has 0 saturated carbocycles. The molecule has 8 heteroatoms. The van der Waals surface area contributed by atoms with E-state index in [1.807, 2.05) is 12.1 Å². The SMILES string of the molecule is CC(=O)OC(CCCNCc1ccccc1)C(C)Cc1ccccc1.O=C(O)C(F)(F)F. The van der Waals surface area contributed by atoms with Crippen LogP contribution in [0.1, 0.15) is 37.8 Å². The van der Waals surface area contributed by atoms with Gasteiger partial charge in [-0.25, -0.2) is 4.79 Å². The first kappa shape index (κ1) is 27.2. The average molecular weight is 454 g/mol. The molecule has 0 aromatic heterocycles. The number of rotatable bonds is 10. The van der Waals surface area contributed by atoms with Crippen LogP contribution in [0.4, 0.5) is 13.2 Å². The molecule has 2 rings (SSSR count). The first-order chi connectivity index (χ1) is 15.1. The van der Waals surface area contributed by atoms with Gasteiger partial charge < -0.3 is 15.2 Å². The monoisotopic (exact) mass is 453 g/mol. The minimum Gasteiger partial charge on any atom is -0.475 e. The lowest BCUT2D eigenvalue weighted by Gasteiger charge is -2.24. The molecule has 0 aliphatic rings. The first-order valence-electron chi connectivity index (χ1n) is 10.4. The molecule has 32 heavy (non-hydrogen) atoms. The Balaban J connectivity index is 0.000000633. The largest absolute Gasteiger partial charge is 0.490 e. The molecule has 2 atom stereocenters. The van der Waals surface area contributed by atoms with Crippen LogP contribution in [0.15, 0.2) is 60.7 Å². The molecule has 0 spiro atoms. The van der Waals surface area contributed by atoms with E-state index in [2.05, 4.69) is 60.8 Å². The van der Waals surface area contributed by atoms with E-state index < -0.39 is 12.1 Å². The summed E-state index contributed by atoms with van der Waals surface area (Å²) >= 11 is 0. The van der Waals surface area contributed by atoms with Crippen molar-refractivity contribution in [3.8, 4) is 0 Å². The van der Waals surface area contributed by atoms with Gasteiger partial charge in [0.1, 0.15) is 6.10 Å². The molecule has 0 radical (unpaired) electrons. The molecule has 0 aliphatic carbocycles. The number of hydrogen-bond donors (Lipinski definition) is 2. The van der Waals surface area contributed by atoms with Crippen LogP contribution < -0.4 is 5.32 Å². The maximum absolute atomic E-state index is 11.4. The van der Waals surface area contributed by atoms with Gasteiger partial charge in [0.25, 0.3) is 0 Å². The van der Waals surface area contributed by atoms with E-state index >= 15 is 0 Å². The number of carboxylic acid groups (broad SMARTS) is 1. The van der Waals surface area contributed by atoms with Crippen LogP contribution in [0.2, 0.25) is 0 Å². The Hall–Kier alpha value is -2.87. The van der Waals surface area contributed by atoms with E-state index in [4.69, 9.17) is 14.6 Å². The standard InChI is InChI=1S/C22H29NO2.C2HF3O2/c1-18(16-20-10-5-3-6-11-20)22(25-19(2)24)14-9-15-23-17-21-12-7-4-8-13-21;3-2(4,5)1(6)7/h3-8,10-13,18,22-23H,9,14-17H2,1-2H3;(H,6,7). The van der Waals surface area contributed by atoms with Crippen molar-refractivity contribution >= 4 is 11.9 Å². The fourth-order valence-electron chi connectivity index (χ4n) is 3.05. The second-order valence-electron chi connectivity index (χ2n) is 7.42. The third-order valence-corrected chi connectivity index (χ3v) is 4.61. The number of esters is 1. The summed E-state index contributed by atoms with van der Waals surface area (Å²) < 4.78 is 37.3. The van der Waals surface area contributed by atoms with Gasteiger partial charge in [0, 0.05) is 13.5 Å². The number of carboxylic acids is 1. The van der Waals surface area contributed by atoms with Crippen LogP contribution >= 0.6 is 0 Å². The molecule has 0 bridgehead atoms. The topological polar surface area (TPSA) is 75.6 Å². The number of nitrogens with one attached hydrogen (secondary N) is 1. The fraction of sp³-hybridized carbons (Fsp3) is 0.417. The van der Waals surface area contributed by atoms with Crippen molar-refractivity contribution in [2.45, 2.75) is 51.9 Å². The Bertz CT molecular complexity index is 798. The summed E-state index contributed by atoms with van der Waals surface area (Å²) in [6.07, 6.45) is -2.31. The average Bonchev–Trinajstić information content (AvgIpc) is 2.73. The number of aliphatic carboxylic acids is 1. The smallest absolute Gasteiger partial charge is 0.475 e. The van der Waals surface area contributed by atoms with Crippen molar-refractivity contribution in [3.05, 3.63) is 71.8 Å². The summed E-state index contributed by atoms with van der Waals surface area (Å²) in [5, 5.41) is 10.6. The highest BCUT2D eigenvalue weighted by molar-refractivity contribution is 5.73. The normalized spacial score (nSPS) is 12.8. The molecule has 2 aromatic rings. The molecule has 176 valence electrons. The van der Waals surface area contributed by atoms with Crippen molar-refractivity contribution in [2.75, 3.05) is 6.54 Å². The molecule has 0 amide bonds. The second kappa shape index (κ2) is 14.2. The molecule has 0 saturated heterocycles. The third kappa shape index (κ3) is 12.1. The molecular formula is C24H30F3NO4. The number of benzene rings is 2. The van der Waals surface area contributed by atoms with Crippen LogP contribution in [0, 0.1) is 5.92 Å². The van der Waals surface area contributed by atoms with E-state index in [-0.39, 0.29) is 12.1 Å². The maximum atomic E-state index is 11.4. The Morgan fingerprint density at radius 2 is 1.50 bits per heavy atom. The van der Waals surface area contributed by atoms with Gasteiger partial charge in [-0.05, 0) is 42.9 Å². The van der Waals surface area contributed by atoms with Crippen LogP contribution in [0.25, 0.3) is 0 Å². The van der Waals surface area contributed by atoms with Crippen molar-refractivity contribution in [1.82, 2.24) is 5.32 Å². The minimum atomic E-state index is -5.08. The summed E-state index contributed by atoms with van der Waals surface area (Å²) in [4.78, 5) is 20.3. The Labute approximate surface area is 186 Å². The predicted molar refractivity (Wildman–Crippen MR) is 116 cm³/mol. The fourth-order valence-corrected chi connectivity index (χ4v) is 3.05. The van der Waals surface area contributed by atoms with Crippen molar-refractivity contribution in [1.29, 1.82) is 0 Å². The van der Waals surface area contributed by atoms with E-state index in [0.717, 1.165) is 32.4 Å². The van der Waals surface area contributed by atoms with Crippen molar-refractivity contribution in [2.24, 2.45) is 5.92 Å². The highest BCUT2D eigenvalue weighted by Gasteiger charge is 2.38. The Morgan fingerprint density at radius 1 is 1.00 bits per heavy atom. The summed E-state index contributed by atoms with van der Waals surface area (Å²) in [6, 6.07) is 20.8. The molecule has 2 N–H and O–H groups in total. The summed E-state index contributed by atoms with van der Waals surface area (Å²) in [7, 11) is 0. The molecule has 0 heterocycles. The van der Waals surface area contributed by atoms with Crippen LogP contribution in [0.3, 0.4) is 0 Å². The van der Waals surface area contributed by atoms with Gasteiger partial charge >= 0.3 is 18.1 Å². The second-order valence-corrected chi connectivity index (χ2v) is 7.42. The van der Waals surface area contributed by atoms with Gasteiger partial charge in [-0.1, -0.05) is 67.6 Å². The van der Waals surface area contributed by atoms with Gasteiger partial charge in [-0.2, -0.15) is 13.2 Å². The molecular weight excluding hydrogens is 423 g/mol. The molecule has 2 unspecified atom stereocenters. The molecule has 5 nitrogen and oxygen atoms in total. The van der Waals surface area contributed by atoms with Crippen molar-refractivity contribution < 1.29 is 32.6 Å². The zero-order chi connectivity index (χ0) is 24.0. The summed E-state index contributed by atoms with van der Waals surface area (Å²) in [6.45, 7) is 5.46. The van der Waals surface area contributed by atoms with Gasteiger partial charge in [-0.3, -0.25) is 4.79 Å². The zero-order valence-corrected chi connectivity index (χ0v) is 18.3. The number of carbonyl (C=O) groups excluding carboxylic acids is 1. The van der Waals surface area contributed by atoms with E-state index in [9.17, 15) is 18.0 Å². The van der Waals surface area contributed by atoms with Crippen LogP contribution in [0.5, 0.6) is 0 Å². The lowest BCUT2D eigenvalue weighted by molar-refractivity contribution is -0.192. The highest BCUT2D eigenvalue weighted by Crippen LogP contribution is 2.19. The number of alkyl halides is 3. The van der Waals surface area contributed by atoms with E-state index in [0.29, 0.717) is 5.92 Å². The maximum Gasteiger partial charge on any atom is 0.490 e. The first-order valence-corrected chi connectivity index (χ1v) is 10.4. The minimum absolute atomic E-state index is 0.0313. The summed E-state index contributed by atoms with van der Waals surface area (Å²) in [5.74, 6) is -2.64. The zero-order valence-electron chi connectivity index (χ0n) is 18.3. The highest BCUT2D eigenvalue weighted by atomic mass is 19.4. The lowest BCUT2D eigenvalue weighted by atomic mass is 9.93. The van der Waals surface area contributed by atoms with Gasteiger partial charge in [0.05, 0.1) is 0 Å². The molecule has 0 aliphatic heterocycles. The number of ether oxygens (including phenoxy) is 1. The van der Waals surface area contributed by atoms with Gasteiger partial charge in [0.15, 0.2) is 0 Å². The molecule has 2 aromatic carbocycles. The number of carbonyl (C=O) groups is 2. The van der Waals surface area contributed by atoms with E-state index in [1.165, 1.54) is 18.1 Å².